The molecular formula is C11H16N2O2S. The standard InChI is InChI=1S/C11H16N2O2S/c1-8-7-12-4-5-13(8)10(11(14)15)9-3-2-6-16-9/h2-3,6,8,10,12H,4-5,7H2,1H3,(H,14,15). The molecule has 5 heteroatoms. The second kappa shape index (κ2) is 4.95. The van der Waals surface area contributed by atoms with E-state index in [1.54, 1.807) is 0 Å². The van der Waals surface area contributed by atoms with Crippen molar-refractivity contribution >= 4 is 17.3 Å². The number of carbonyl (C=O) groups is 1. The molecule has 88 valence electrons. The highest BCUT2D eigenvalue weighted by Crippen LogP contribution is 2.27. The Morgan fingerprint density at radius 2 is 2.56 bits per heavy atom. The molecule has 1 saturated heterocycles. The van der Waals surface area contributed by atoms with Gasteiger partial charge < -0.3 is 10.4 Å². The van der Waals surface area contributed by atoms with Crippen LogP contribution in [-0.2, 0) is 4.79 Å². The molecule has 0 radical (unpaired) electrons. The molecule has 0 amide bonds. The molecule has 2 rings (SSSR count). The van der Waals surface area contributed by atoms with Gasteiger partial charge in [-0.2, -0.15) is 0 Å². The fourth-order valence-corrected chi connectivity index (χ4v) is 2.95. The minimum Gasteiger partial charge on any atom is -0.480 e. The van der Waals surface area contributed by atoms with Gasteiger partial charge in [0.2, 0.25) is 0 Å². The Morgan fingerprint density at radius 3 is 3.12 bits per heavy atom. The van der Waals surface area contributed by atoms with E-state index in [1.807, 2.05) is 17.5 Å². The van der Waals surface area contributed by atoms with Crippen LogP contribution < -0.4 is 5.32 Å². The molecule has 2 atom stereocenters. The molecule has 1 fully saturated rings. The highest BCUT2D eigenvalue weighted by molar-refractivity contribution is 7.10. The van der Waals surface area contributed by atoms with Crippen molar-refractivity contribution in [3.05, 3.63) is 22.4 Å². The zero-order chi connectivity index (χ0) is 11.5. The second-order valence-corrected chi connectivity index (χ2v) is 5.03. The van der Waals surface area contributed by atoms with Crippen molar-refractivity contribution in [2.45, 2.75) is 19.0 Å². The SMILES string of the molecule is CC1CNCCN1C(C(=O)O)c1cccs1. The molecule has 0 aromatic carbocycles. The summed E-state index contributed by atoms with van der Waals surface area (Å²) in [6.45, 7) is 4.57. The molecule has 1 aliphatic rings. The molecule has 0 spiro atoms. The Labute approximate surface area is 98.9 Å². The van der Waals surface area contributed by atoms with E-state index in [2.05, 4.69) is 17.1 Å². The lowest BCUT2D eigenvalue weighted by molar-refractivity contribution is -0.144. The summed E-state index contributed by atoms with van der Waals surface area (Å²) < 4.78 is 0. The van der Waals surface area contributed by atoms with E-state index < -0.39 is 12.0 Å². The molecule has 2 heterocycles. The van der Waals surface area contributed by atoms with E-state index >= 15 is 0 Å². The number of nitrogens with one attached hydrogen (secondary N) is 1. The Balaban J connectivity index is 2.22. The normalized spacial score (nSPS) is 24.2. The van der Waals surface area contributed by atoms with E-state index in [0.717, 1.165) is 24.5 Å². The molecule has 16 heavy (non-hydrogen) atoms. The largest absolute Gasteiger partial charge is 0.480 e. The third kappa shape index (κ3) is 2.26. The number of nitrogens with zero attached hydrogens (tertiary/aromatic N) is 1. The summed E-state index contributed by atoms with van der Waals surface area (Å²) >= 11 is 1.51. The summed E-state index contributed by atoms with van der Waals surface area (Å²) in [6.07, 6.45) is 0. The van der Waals surface area contributed by atoms with E-state index in [9.17, 15) is 9.90 Å². The molecule has 1 aromatic rings. The Kier molecular flexibility index (Phi) is 3.58. The van der Waals surface area contributed by atoms with Crippen molar-refractivity contribution in [1.82, 2.24) is 10.2 Å². The fraction of sp³-hybridized carbons (Fsp3) is 0.545. The zero-order valence-corrected chi connectivity index (χ0v) is 10.0. The number of piperazine rings is 1. The molecule has 0 bridgehead atoms. The van der Waals surface area contributed by atoms with E-state index in [1.165, 1.54) is 11.3 Å². The lowest BCUT2D eigenvalue weighted by atomic mass is 10.1. The second-order valence-electron chi connectivity index (χ2n) is 4.05. The van der Waals surface area contributed by atoms with Gasteiger partial charge in [0.05, 0.1) is 0 Å². The van der Waals surface area contributed by atoms with Gasteiger partial charge in [-0.15, -0.1) is 11.3 Å². The maximum absolute atomic E-state index is 11.4. The van der Waals surface area contributed by atoms with Gasteiger partial charge in [0.1, 0.15) is 6.04 Å². The number of hydrogen-bond donors (Lipinski definition) is 2. The van der Waals surface area contributed by atoms with E-state index in [-0.39, 0.29) is 6.04 Å². The van der Waals surface area contributed by atoms with Crippen LogP contribution in [0.1, 0.15) is 17.8 Å². The maximum Gasteiger partial charge on any atom is 0.326 e. The molecule has 2 N–H and O–H groups in total. The van der Waals surface area contributed by atoms with Gasteiger partial charge in [0, 0.05) is 30.6 Å². The Morgan fingerprint density at radius 1 is 1.75 bits per heavy atom. The van der Waals surface area contributed by atoms with Crippen LogP contribution in [-0.4, -0.2) is 41.7 Å². The summed E-state index contributed by atoms with van der Waals surface area (Å²) in [7, 11) is 0. The van der Waals surface area contributed by atoms with Crippen LogP contribution in [0.3, 0.4) is 0 Å². The van der Waals surface area contributed by atoms with Gasteiger partial charge in [-0.3, -0.25) is 9.69 Å². The maximum atomic E-state index is 11.4. The third-order valence-electron chi connectivity index (χ3n) is 2.93. The summed E-state index contributed by atoms with van der Waals surface area (Å²) in [5, 5.41) is 14.6. The van der Waals surface area contributed by atoms with Gasteiger partial charge in [0.15, 0.2) is 0 Å². The third-order valence-corrected chi connectivity index (χ3v) is 3.86. The van der Waals surface area contributed by atoms with Gasteiger partial charge in [0.25, 0.3) is 0 Å². The minimum absolute atomic E-state index is 0.261. The first-order valence-electron chi connectivity index (χ1n) is 5.43. The fourth-order valence-electron chi connectivity index (χ4n) is 2.11. The van der Waals surface area contributed by atoms with Crippen LogP contribution in [0.5, 0.6) is 0 Å². The lowest BCUT2D eigenvalue weighted by Gasteiger charge is -2.37. The predicted octanol–water partition coefficient (Wildman–Crippen LogP) is 1.17. The predicted molar refractivity (Wildman–Crippen MR) is 63.7 cm³/mol. The van der Waals surface area contributed by atoms with E-state index in [4.69, 9.17) is 0 Å². The quantitative estimate of drug-likeness (QED) is 0.832. The number of hydrogen-bond acceptors (Lipinski definition) is 4. The first kappa shape index (κ1) is 11.6. The van der Waals surface area contributed by atoms with Crippen molar-refractivity contribution in [3.63, 3.8) is 0 Å². The number of carboxylic acids is 1. The molecule has 0 saturated carbocycles. The van der Waals surface area contributed by atoms with Crippen LogP contribution >= 0.6 is 11.3 Å². The Hall–Kier alpha value is -0.910. The van der Waals surface area contributed by atoms with Crippen molar-refractivity contribution in [3.8, 4) is 0 Å². The van der Waals surface area contributed by atoms with Crippen LogP contribution in [0.25, 0.3) is 0 Å². The molecular weight excluding hydrogens is 224 g/mol. The Bertz CT molecular complexity index is 353. The number of aliphatic carboxylic acids is 1. The first-order chi connectivity index (χ1) is 7.70. The highest BCUT2D eigenvalue weighted by Gasteiger charge is 2.32. The molecule has 4 nitrogen and oxygen atoms in total. The van der Waals surface area contributed by atoms with Crippen molar-refractivity contribution in [2.75, 3.05) is 19.6 Å². The van der Waals surface area contributed by atoms with Crippen LogP contribution in [0.15, 0.2) is 17.5 Å². The topological polar surface area (TPSA) is 52.6 Å². The number of carboxylic acid groups (broad SMARTS) is 1. The van der Waals surface area contributed by atoms with Gasteiger partial charge in [-0.05, 0) is 18.4 Å². The van der Waals surface area contributed by atoms with Crippen molar-refractivity contribution < 1.29 is 9.90 Å². The summed E-state index contributed by atoms with van der Waals surface area (Å²) in [6, 6.07) is 3.58. The highest BCUT2D eigenvalue weighted by atomic mass is 32.1. The average molecular weight is 240 g/mol. The molecule has 1 aromatic heterocycles. The monoisotopic (exact) mass is 240 g/mol. The van der Waals surface area contributed by atoms with Crippen molar-refractivity contribution in [2.24, 2.45) is 0 Å². The van der Waals surface area contributed by atoms with Gasteiger partial charge in [-0.25, -0.2) is 0 Å². The first-order valence-corrected chi connectivity index (χ1v) is 6.31. The summed E-state index contributed by atoms with van der Waals surface area (Å²) in [5.41, 5.74) is 0. The molecule has 2 unspecified atom stereocenters. The van der Waals surface area contributed by atoms with Gasteiger partial charge in [-0.1, -0.05) is 6.07 Å². The zero-order valence-electron chi connectivity index (χ0n) is 9.22. The summed E-state index contributed by atoms with van der Waals surface area (Å²) in [5.74, 6) is -0.754. The number of rotatable bonds is 3. The molecule has 0 aliphatic carbocycles. The van der Waals surface area contributed by atoms with Crippen LogP contribution in [0.4, 0.5) is 0 Å². The average Bonchev–Trinajstić information content (AvgIpc) is 2.74. The summed E-state index contributed by atoms with van der Waals surface area (Å²) in [4.78, 5) is 14.4. The smallest absolute Gasteiger partial charge is 0.326 e. The van der Waals surface area contributed by atoms with Crippen LogP contribution in [0.2, 0.25) is 0 Å². The molecule has 1 aliphatic heterocycles. The van der Waals surface area contributed by atoms with Crippen molar-refractivity contribution in [1.29, 1.82) is 0 Å². The lowest BCUT2D eigenvalue weighted by Crippen LogP contribution is -2.52. The number of thiophene rings is 1. The van der Waals surface area contributed by atoms with Crippen LogP contribution in [0, 0.1) is 0 Å². The minimum atomic E-state index is -0.754. The van der Waals surface area contributed by atoms with Gasteiger partial charge >= 0.3 is 5.97 Å². The van der Waals surface area contributed by atoms with E-state index in [0.29, 0.717) is 0 Å².